The lowest BCUT2D eigenvalue weighted by Crippen LogP contribution is -2.30. The minimum atomic E-state index is -0.739. The molecule has 1 aliphatic rings. The Balaban J connectivity index is 1.75. The number of rotatable bonds is 3. The van der Waals surface area contributed by atoms with Crippen molar-refractivity contribution >= 4 is 46.5 Å². The Morgan fingerprint density at radius 1 is 1.18 bits per heavy atom. The normalized spacial score (nSPS) is 16.8. The van der Waals surface area contributed by atoms with Gasteiger partial charge in [-0.2, -0.15) is 9.78 Å². The van der Waals surface area contributed by atoms with Gasteiger partial charge < -0.3 is 5.73 Å². The van der Waals surface area contributed by atoms with Crippen molar-refractivity contribution in [3.8, 4) is 5.82 Å². The number of nitrogen functional groups attached to an aromatic ring is 1. The maximum atomic E-state index is 13.1. The van der Waals surface area contributed by atoms with Gasteiger partial charge in [0.15, 0.2) is 5.82 Å². The fourth-order valence-corrected chi connectivity index (χ4v) is 3.91. The van der Waals surface area contributed by atoms with Crippen molar-refractivity contribution in [3.63, 3.8) is 0 Å². The third kappa shape index (κ3) is 2.93. The third-order valence-electron chi connectivity index (χ3n) is 4.66. The number of anilines is 2. The second-order valence-electron chi connectivity index (χ2n) is 6.40. The molecule has 142 valence electrons. The van der Waals surface area contributed by atoms with E-state index in [0.29, 0.717) is 27.8 Å². The SMILES string of the molecule is Cc1nn(-c2ccccn2)c(N)c1[C@H]1CC(=O)N(c2ccc(Cl)cc2Cl)C1=O. The van der Waals surface area contributed by atoms with Crippen molar-refractivity contribution in [2.45, 2.75) is 19.3 Å². The Morgan fingerprint density at radius 3 is 2.64 bits per heavy atom. The largest absolute Gasteiger partial charge is 0.383 e. The van der Waals surface area contributed by atoms with Crippen molar-refractivity contribution in [2.24, 2.45) is 0 Å². The first-order valence-corrected chi connectivity index (χ1v) is 9.22. The van der Waals surface area contributed by atoms with E-state index in [4.69, 9.17) is 28.9 Å². The molecule has 0 saturated carbocycles. The molecule has 2 aromatic heterocycles. The van der Waals surface area contributed by atoms with E-state index >= 15 is 0 Å². The number of hydrogen-bond donors (Lipinski definition) is 1. The van der Waals surface area contributed by atoms with Crippen molar-refractivity contribution < 1.29 is 9.59 Å². The minimum absolute atomic E-state index is 0.0171. The van der Waals surface area contributed by atoms with Crippen LogP contribution in [0, 0.1) is 6.92 Å². The highest BCUT2D eigenvalue weighted by atomic mass is 35.5. The predicted octanol–water partition coefficient (Wildman–Crippen LogP) is 3.51. The number of halogens is 2. The summed E-state index contributed by atoms with van der Waals surface area (Å²) in [5.74, 6) is -0.681. The summed E-state index contributed by atoms with van der Waals surface area (Å²) >= 11 is 12.1. The number of aromatic nitrogens is 3. The zero-order valence-electron chi connectivity index (χ0n) is 14.8. The Kier molecular flexibility index (Phi) is 4.56. The summed E-state index contributed by atoms with van der Waals surface area (Å²) in [5.41, 5.74) is 7.69. The molecule has 2 N–H and O–H groups in total. The molecular weight excluding hydrogens is 401 g/mol. The number of imide groups is 1. The number of nitrogens with zero attached hydrogens (tertiary/aromatic N) is 4. The molecule has 28 heavy (non-hydrogen) atoms. The molecule has 2 amide bonds. The van der Waals surface area contributed by atoms with Gasteiger partial charge in [0.1, 0.15) is 5.82 Å². The minimum Gasteiger partial charge on any atom is -0.383 e. The molecule has 9 heteroatoms. The number of benzene rings is 1. The van der Waals surface area contributed by atoms with Crippen LogP contribution in [0.15, 0.2) is 42.6 Å². The van der Waals surface area contributed by atoms with E-state index in [-0.39, 0.29) is 23.2 Å². The molecule has 1 saturated heterocycles. The molecule has 7 nitrogen and oxygen atoms in total. The summed E-state index contributed by atoms with van der Waals surface area (Å²) in [6, 6.07) is 9.97. The number of pyridine rings is 1. The third-order valence-corrected chi connectivity index (χ3v) is 5.19. The molecule has 0 spiro atoms. The maximum absolute atomic E-state index is 13.1. The number of amides is 2. The molecule has 1 aromatic carbocycles. The molecule has 0 bridgehead atoms. The van der Waals surface area contributed by atoms with E-state index in [1.54, 1.807) is 37.4 Å². The molecule has 3 aromatic rings. The van der Waals surface area contributed by atoms with Crippen LogP contribution >= 0.6 is 23.2 Å². The second kappa shape index (κ2) is 6.92. The lowest BCUT2D eigenvalue weighted by Gasteiger charge is -2.17. The molecule has 0 unspecified atom stereocenters. The maximum Gasteiger partial charge on any atom is 0.242 e. The lowest BCUT2D eigenvalue weighted by molar-refractivity contribution is -0.121. The quantitative estimate of drug-likeness (QED) is 0.660. The Hall–Kier alpha value is -2.90. The lowest BCUT2D eigenvalue weighted by atomic mass is 9.97. The number of aryl methyl sites for hydroxylation is 1. The fourth-order valence-electron chi connectivity index (χ4n) is 3.41. The van der Waals surface area contributed by atoms with Crippen LogP contribution in [-0.2, 0) is 9.59 Å². The smallest absolute Gasteiger partial charge is 0.242 e. The highest BCUT2D eigenvalue weighted by Gasteiger charge is 2.43. The Labute approximate surface area is 170 Å². The molecule has 0 radical (unpaired) electrons. The first kappa shape index (κ1) is 18.5. The summed E-state index contributed by atoms with van der Waals surface area (Å²) in [6.07, 6.45) is 1.61. The summed E-state index contributed by atoms with van der Waals surface area (Å²) in [7, 11) is 0. The first-order valence-electron chi connectivity index (χ1n) is 8.46. The van der Waals surface area contributed by atoms with Gasteiger partial charge >= 0.3 is 0 Å². The Morgan fingerprint density at radius 2 is 1.96 bits per heavy atom. The van der Waals surface area contributed by atoms with Gasteiger partial charge in [-0.3, -0.25) is 9.59 Å². The van der Waals surface area contributed by atoms with Gasteiger partial charge in [0.2, 0.25) is 11.8 Å². The van der Waals surface area contributed by atoms with Crippen LogP contribution < -0.4 is 10.6 Å². The molecule has 3 heterocycles. The fraction of sp³-hybridized carbons (Fsp3) is 0.158. The van der Waals surface area contributed by atoms with E-state index in [9.17, 15) is 9.59 Å². The van der Waals surface area contributed by atoms with Crippen molar-refractivity contribution in [3.05, 3.63) is 63.9 Å². The summed E-state index contributed by atoms with van der Waals surface area (Å²) < 4.78 is 1.47. The van der Waals surface area contributed by atoms with Gasteiger partial charge in [-0.1, -0.05) is 29.3 Å². The highest BCUT2D eigenvalue weighted by Crippen LogP contribution is 2.40. The standard InChI is InChI=1S/C19H15Cl2N5O2/c1-10-17(18(22)26(24-10)15-4-2-3-7-23-15)12-9-16(27)25(19(12)28)14-6-5-11(20)8-13(14)21/h2-8,12H,9,22H2,1H3/t12-/m1/s1. The second-order valence-corrected chi connectivity index (χ2v) is 7.25. The summed E-state index contributed by atoms with van der Waals surface area (Å²) in [6.45, 7) is 1.75. The number of carbonyl (C=O) groups is 2. The van der Waals surface area contributed by atoms with Crippen LogP contribution in [0.3, 0.4) is 0 Å². The monoisotopic (exact) mass is 415 g/mol. The van der Waals surface area contributed by atoms with Gasteiger partial charge in [0.05, 0.1) is 22.3 Å². The van der Waals surface area contributed by atoms with E-state index in [1.165, 1.54) is 10.7 Å². The van der Waals surface area contributed by atoms with Crippen molar-refractivity contribution in [2.75, 3.05) is 10.6 Å². The molecule has 1 atom stereocenters. The van der Waals surface area contributed by atoms with Crippen LogP contribution in [0.1, 0.15) is 23.6 Å². The van der Waals surface area contributed by atoms with Crippen LogP contribution in [0.4, 0.5) is 11.5 Å². The molecule has 4 rings (SSSR count). The van der Waals surface area contributed by atoms with Crippen LogP contribution in [0.5, 0.6) is 0 Å². The zero-order valence-corrected chi connectivity index (χ0v) is 16.3. The van der Waals surface area contributed by atoms with Gasteiger partial charge in [0, 0.05) is 23.2 Å². The van der Waals surface area contributed by atoms with Crippen LogP contribution in [-0.4, -0.2) is 26.6 Å². The van der Waals surface area contributed by atoms with Crippen molar-refractivity contribution in [1.82, 2.24) is 14.8 Å². The average molecular weight is 416 g/mol. The van der Waals surface area contributed by atoms with Gasteiger partial charge in [-0.15, -0.1) is 0 Å². The van der Waals surface area contributed by atoms with Crippen LogP contribution in [0.25, 0.3) is 5.82 Å². The predicted molar refractivity (Wildman–Crippen MR) is 107 cm³/mol. The van der Waals surface area contributed by atoms with E-state index in [1.807, 2.05) is 6.07 Å². The molecule has 1 fully saturated rings. The van der Waals surface area contributed by atoms with E-state index in [2.05, 4.69) is 10.1 Å². The molecule has 1 aliphatic heterocycles. The number of carbonyl (C=O) groups excluding carboxylic acids is 2. The van der Waals surface area contributed by atoms with E-state index in [0.717, 1.165) is 4.90 Å². The number of nitrogens with two attached hydrogens (primary N) is 1. The molecular formula is C19H15Cl2N5O2. The topological polar surface area (TPSA) is 94.1 Å². The summed E-state index contributed by atoms with van der Waals surface area (Å²) in [4.78, 5) is 31.1. The van der Waals surface area contributed by atoms with E-state index < -0.39 is 11.8 Å². The van der Waals surface area contributed by atoms with Gasteiger partial charge in [-0.25, -0.2) is 9.88 Å². The Bertz CT molecular complexity index is 1100. The molecule has 0 aliphatic carbocycles. The highest BCUT2D eigenvalue weighted by molar-refractivity contribution is 6.38. The first-order chi connectivity index (χ1) is 13.4. The zero-order chi connectivity index (χ0) is 20.0. The average Bonchev–Trinajstić information content (AvgIpc) is 3.11. The van der Waals surface area contributed by atoms with Crippen LogP contribution in [0.2, 0.25) is 10.0 Å². The van der Waals surface area contributed by atoms with Gasteiger partial charge in [-0.05, 0) is 37.3 Å². The van der Waals surface area contributed by atoms with Crippen molar-refractivity contribution in [1.29, 1.82) is 0 Å². The van der Waals surface area contributed by atoms with Gasteiger partial charge in [0.25, 0.3) is 0 Å². The summed E-state index contributed by atoms with van der Waals surface area (Å²) in [5, 5.41) is 5.06. The number of hydrogen-bond acceptors (Lipinski definition) is 5.